The molecular weight excluding hydrogens is 394 g/mol. The topological polar surface area (TPSA) is 79.9 Å². The van der Waals surface area contributed by atoms with Gasteiger partial charge in [-0.3, -0.25) is 14.5 Å². The lowest BCUT2D eigenvalue weighted by atomic mass is 10.1. The summed E-state index contributed by atoms with van der Waals surface area (Å²) in [7, 11) is 0. The van der Waals surface area contributed by atoms with Crippen molar-refractivity contribution in [2.24, 2.45) is 0 Å². The molecule has 1 unspecified atom stereocenters. The SMILES string of the molecule is O=C(Nc1ccccc1C(=O)NCC1CCCO1)c1cccc(CN2CCOCC2)c1. The molecule has 0 spiro atoms. The first-order valence-corrected chi connectivity index (χ1v) is 10.9. The third-order valence-electron chi connectivity index (χ3n) is 5.63. The van der Waals surface area contributed by atoms with Crippen LogP contribution in [0, 0.1) is 0 Å². The van der Waals surface area contributed by atoms with Gasteiger partial charge in [0.1, 0.15) is 0 Å². The summed E-state index contributed by atoms with van der Waals surface area (Å²) in [5, 5.41) is 5.82. The lowest BCUT2D eigenvalue weighted by molar-refractivity contribution is 0.0342. The maximum atomic E-state index is 12.9. The average molecular weight is 424 g/mol. The second-order valence-electron chi connectivity index (χ2n) is 7.93. The van der Waals surface area contributed by atoms with Crippen molar-refractivity contribution < 1.29 is 19.1 Å². The number of morpholine rings is 1. The smallest absolute Gasteiger partial charge is 0.255 e. The molecule has 2 N–H and O–H groups in total. The number of ether oxygens (including phenoxy) is 2. The van der Waals surface area contributed by atoms with Crippen molar-refractivity contribution in [2.45, 2.75) is 25.5 Å². The molecule has 164 valence electrons. The Morgan fingerprint density at radius 2 is 1.84 bits per heavy atom. The first-order chi connectivity index (χ1) is 15.2. The normalized spacial score (nSPS) is 19.2. The zero-order valence-electron chi connectivity index (χ0n) is 17.6. The van der Waals surface area contributed by atoms with E-state index in [1.54, 1.807) is 30.3 Å². The molecule has 0 bridgehead atoms. The van der Waals surface area contributed by atoms with Gasteiger partial charge >= 0.3 is 0 Å². The van der Waals surface area contributed by atoms with E-state index in [4.69, 9.17) is 9.47 Å². The molecule has 7 heteroatoms. The minimum absolute atomic E-state index is 0.0694. The van der Waals surface area contributed by atoms with Crippen LogP contribution in [0.25, 0.3) is 0 Å². The van der Waals surface area contributed by atoms with E-state index >= 15 is 0 Å². The maximum absolute atomic E-state index is 12.9. The summed E-state index contributed by atoms with van der Waals surface area (Å²) >= 11 is 0. The lowest BCUT2D eigenvalue weighted by Gasteiger charge is -2.26. The monoisotopic (exact) mass is 423 g/mol. The molecule has 1 atom stereocenters. The minimum atomic E-state index is -0.233. The van der Waals surface area contributed by atoms with E-state index in [0.29, 0.717) is 23.4 Å². The molecule has 2 amide bonds. The van der Waals surface area contributed by atoms with E-state index in [9.17, 15) is 9.59 Å². The molecule has 0 aliphatic carbocycles. The highest BCUT2D eigenvalue weighted by Gasteiger charge is 2.19. The van der Waals surface area contributed by atoms with Crippen molar-refractivity contribution in [3.63, 3.8) is 0 Å². The van der Waals surface area contributed by atoms with E-state index in [1.165, 1.54) is 0 Å². The van der Waals surface area contributed by atoms with Crippen LogP contribution in [0.4, 0.5) is 5.69 Å². The van der Waals surface area contributed by atoms with Crippen LogP contribution in [0.3, 0.4) is 0 Å². The Morgan fingerprint density at radius 1 is 1.00 bits per heavy atom. The number of hydrogen-bond acceptors (Lipinski definition) is 5. The molecular formula is C24H29N3O4. The van der Waals surface area contributed by atoms with Crippen molar-refractivity contribution in [1.82, 2.24) is 10.2 Å². The summed E-state index contributed by atoms with van der Waals surface area (Å²) < 4.78 is 11.0. The second-order valence-corrected chi connectivity index (χ2v) is 7.93. The van der Waals surface area contributed by atoms with Gasteiger partial charge in [0.2, 0.25) is 0 Å². The van der Waals surface area contributed by atoms with Gasteiger partial charge in [0, 0.05) is 38.3 Å². The number of anilines is 1. The summed E-state index contributed by atoms with van der Waals surface area (Å²) in [6.45, 7) is 5.28. The zero-order chi connectivity index (χ0) is 21.5. The summed E-state index contributed by atoms with van der Waals surface area (Å²) in [4.78, 5) is 27.9. The van der Waals surface area contributed by atoms with Gasteiger partial charge < -0.3 is 20.1 Å². The van der Waals surface area contributed by atoms with Gasteiger partial charge in [-0.25, -0.2) is 0 Å². The Hall–Kier alpha value is -2.74. The summed E-state index contributed by atoms with van der Waals surface area (Å²) in [5.41, 5.74) is 2.59. The Balaban J connectivity index is 1.40. The number of amides is 2. The molecule has 31 heavy (non-hydrogen) atoms. The van der Waals surface area contributed by atoms with Crippen LogP contribution in [-0.2, 0) is 16.0 Å². The number of rotatable bonds is 7. The fourth-order valence-electron chi connectivity index (χ4n) is 3.92. The van der Waals surface area contributed by atoms with Gasteiger partial charge in [0.05, 0.1) is 30.6 Å². The fraction of sp³-hybridized carbons (Fsp3) is 0.417. The van der Waals surface area contributed by atoms with Gasteiger partial charge in [0.25, 0.3) is 11.8 Å². The predicted molar refractivity (Wildman–Crippen MR) is 118 cm³/mol. The van der Waals surface area contributed by atoms with Gasteiger partial charge in [-0.2, -0.15) is 0 Å². The van der Waals surface area contributed by atoms with Crippen LogP contribution in [0.5, 0.6) is 0 Å². The molecule has 0 saturated carbocycles. The third kappa shape index (κ3) is 5.91. The van der Waals surface area contributed by atoms with Crippen molar-refractivity contribution >= 4 is 17.5 Å². The van der Waals surface area contributed by atoms with Crippen molar-refractivity contribution in [3.8, 4) is 0 Å². The van der Waals surface area contributed by atoms with Crippen molar-refractivity contribution in [1.29, 1.82) is 0 Å². The fourth-order valence-corrected chi connectivity index (χ4v) is 3.92. The molecule has 2 fully saturated rings. The highest BCUT2D eigenvalue weighted by molar-refractivity contribution is 6.09. The van der Waals surface area contributed by atoms with Crippen LogP contribution >= 0.6 is 0 Å². The first kappa shape index (κ1) is 21.5. The zero-order valence-corrected chi connectivity index (χ0v) is 17.6. The molecule has 0 aromatic heterocycles. The number of hydrogen-bond donors (Lipinski definition) is 2. The number of nitrogens with zero attached hydrogens (tertiary/aromatic N) is 1. The number of para-hydroxylation sites is 1. The standard InChI is InChI=1S/C24H29N3O4/c28-23(19-6-3-5-18(15-19)17-27-10-13-30-14-11-27)26-22-9-2-1-8-21(22)24(29)25-16-20-7-4-12-31-20/h1-3,5-6,8-9,15,20H,4,7,10-14,16-17H2,(H,25,29)(H,26,28). The van der Waals surface area contributed by atoms with Crippen LogP contribution in [0.15, 0.2) is 48.5 Å². The maximum Gasteiger partial charge on any atom is 0.255 e. The van der Waals surface area contributed by atoms with Gasteiger partial charge in [-0.1, -0.05) is 24.3 Å². The third-order valence-corrected chi connectivity index (χ3v) is 5.63. The van der Waals surface area contributed by atoms with Gasteiger partial charge in [0.15, 0.2) is 0 Å². The summed E-state index contributed by atoms with van der Waals surface area (Å²) in [6, 6.07) is 14.7. The van der Waals surface area contributed by atoms with E-state index < -0.39 is 0 Å². The number of benzene rings is 2. The molecule has 2 aliphatic heterocycles. The highest BCUT2D eigenvalue weighted by atomic mass is 16.5. The lowest BCUT2D eigenvalue weighted by Crippen LogP contribution is -2.35. The van der Waals surface area contributed by atoms with Crippen molar-refractivity contribution in [3.05, 3.63) is 65.2 Å². The van der Waals surface area contributed by atoms with E-state index in [-0.39, 0.29) is 17.9 Å². The summed E-state index contributed by atoms with van der Waals surface area (Å²) in [5.74, 6) is -0.448. The molecule has 2 heterocycles. The molecule has 2 saturated heterocycles. The molecule has 2 aromatic rings. The molecule has 2 aromatic carbocycles. The average Bonchev–Trinajstić information content (AvgIpc) is 3.32. The predicted octanol–water partition coefficient (Wildman–Crippen LogP) is 2.68. The number of nitrogens with one attached hydrogen (secondary N) is 2. The molecule has 7 nitrogen and oxygen atoms in total. The van der Waals surface area contributed by atoms with Crippen LogP contribution in [-0.4, -0.2) is 62.3 Å². The number of carbonyl (C=O) groups excluding carboxylic acids is 2. The second kappa shape index (κ2) is 10.5. The largest absolute Gasteiger partial charge is 0.379 e. The van der Waals surface area contributed by atoms with E-state index in [2.05, 4.69) is 15.5 Å². The van der Waals surface area contributed by atoms with Gasteiger partial charge in [-0.05, 0) is 42.7 Å². The summed E-state index contributed by atoms with van der Waals surface area (Å²) in [6.07, 6.45) is 2.05. The van der Waals surface area contributed by atoms with Crippen molar-refractivity contribution in [2.75, 3.05) is 44.8 Å². The molecule has 2 aliphatic rings. The Labute approximate surface area is 182 Å². The van der Waals surface area contributed by atoms with Crippen LogP contribution in [0.1, 0.15) is 39.1 Å². The highest BCUT2D eigenvalue weighted by Crippen LogP contribution is 2.18. The Bertz CT molecular complexity index is 905. The van der Waals surface area contributed by atoms with Crippen LogP contribution in [0.2, 0.25) is 0 Å². The Kier molecular flexibility index (Phi) is 7.30. The number of carbonyl (C=O) groups is 2. The molecule has 0 radical (unpaired) electrons. The first-order valence-electron chi connectivity index (χ1n) is 10.9. The minimum Gasteiger partial charge on any atom is -0.379 e. The van der Waals surface area contributed by atoms with E-state index in [1.807, 2.05) is 18.2 Å². The van der Waals surface area contributed by atoms with E-state index in [0.717, 1.165) is 57.9 Å². The molecule has 4 rings (SSSR count). The quantitative estimate of drug-likeness (QED) is 0.716. The van der Waals surface area contributed by atoms with Gasteiger partial charge in [-0.15, -0.1) is 0 Å². The Morgan fingerprint density at radius 3 is 2.65 bits per heavy atom. The van der Waals surface area contributed by atoms with Crippen LogP contribution < -0.4 is 10.6 Å².